The number of nitrogens with zero attached hydrogens (tertiary/aromatic N) is 1. The number of benzene rings is 3. The van der Waals surface area contributed by atoms with Crippen LogP contribution >= 0.6 is 0 Å². The fraction of sp³-hybridized carbons (Fsp3) is 0.300. The van der Waals surface area contributed by atoms with Crippen molar-refractivity contribution in [3.8, 4) is 0 Å². The van der Waals surface area contributed by atoms with Crippen LogP contribution in [0.4, 0.5) is 10.5 Å². The lowest BCUT2D eigenvalue weighted by molar-refractivity contribution is -0.126. The smallest absolute Gasteiger partial charge is 0.411 e. The van der Waals surface area contributed by atoms with Gasteiger partial charge in [0, 0.05) is 17.8 Å². The minimum Gasteiger partial charge on any atom is -0.438 e. The number of aryl methyl sites for hydroxylation is 1. The third kappa shape index (κ3) is 6.55. The Balaban J connectivity index is 1.58. The van der Waals surface area contributed by atoms with Crippen molar-refractivity contribution in [2.75, 3.05) is 11.9 Å². The van der Waals surface area contributed by atoms with Crippen LogP contribution in [0.3, 0.4) is 0 Å². The maximum Gasteiger partial charge on any atom is 0.411 e. The summed E-state index contributed by atoms with van der Waals surface area (Å²) in [6, 6.07) is 23.0. The number of ether oxygens (including phenoxy) is 1. The molecule has 0 spiro atoms. The summed E-state index contributed by atoms with van der Waals surface area (Å²) in [5.41, 5.74) is 3.75. The quantitative estimate of drug-likeness (QED) is 0.409. The molecule has 0 bridgehead atoms. The fourth-order valence-electron chi connectivity index (χ4n) is 4.28. The number of cyclic esters (lactones) is 1. The van der Waals surface area contributed by atoms with Crippen LogP contribution in [0.2, 0.25) is 0 Å². The van der Waals surface area contributed by atoms with E-state index in [9.17, 15) is 14.4 Å². The molecule has 7 nitrogen and oxygen atoms in total. The fourth-order valence-corrected chi connectivity index (χ4v) is 4.28. The van der Waals surface area contributed by atoms with Crippen LogP contribution in [0.5, 0.6) is 0 Å². The number of rotatable bonds is 9. The molecule has 0 radical (unpaired) electrons. The Morgan fingerprint density at radius 2 is 1.70 bits per heavy atom. The Morgan fingerprint density at radius 3 is 2.41 bits per heavy atom. The lowest BCUT2D eigenvalue weighted by Crippen LogP contribution is -2.46. The molecular formula is C30H33N3O4. The highest BCUT2D eigenvalue weighted by atomic mass is 16.6. The molecule has 2 N–H and O–H groups in total. The zero-order valence-corrected chi connectivity index (χ0v) is 21.4. The summed E-state index contributed by atoms with van der Waals surface area (Å²) >= 11 is 0. The Hall–Kier alpha value is -4.13. The molecule has 1 aliphatic heterocycles. The number of amides is 3. The monoisotopic (exact) mass is 499 g/mol. The Labute approximate surface area is 217 Å². The second-order valence-corrected chi connectivity index (χ2v) is 9.78. The maximum absolute atomic E-state index is 13.4. The van der Waals surface area contributed by atoms with Gasteiger partial charge in [0.1, 0.15) is 0 Å². The lowest BCUT2D eigenvalue weighted by Gasteiger charge is -2.24. The first kappa shape index (κ1) is 25.9. The zero-order valence-electron chi connectivity index (χ0n) is 21.4. The van der Waals surface area contributed by atoms with Gasteiger partial charge in [0.15, 0.2) is 12.1 Å². The molecule has 0 saturated carbocycles. The second-order valence-electron chi connectivity index (χ2n) is 9.78. The topological polar surface area (TPSA) is 87.7 Å². The first-order valence-corrected chi connectivity index (χ1v) is 12.6. The number of carbonyl (C=O) groups is 3. The summed E-state index contributed by atoms with van der Waals surface area (Å²) < 4.78 is 5.78. The van der Waals surface area contributed by atoms with E-state index in [0.717, 1.165) is 17.5 Å². The number of hydrogen-bond donors (Lipinski definition) is 2. The van der Waals surface area contributed by atoms with Crippen molar-refractivity contribution in [1.82, 2.24) is 10.2 Å². The van der Waals surface area contributed by atoms with Crippen LogP contribution in [0.15, 0.2) is 78.9 Å². The van der Waals surface area contributed by atoms with Gasteiger partial charge in [-0.1, -0.05) is 74.0 Å². The first-order valence-electron chi connectivity index (χ1n) is 12.6. The van der Waals surface area contributed by atoms with Crippen molar-refractivity contribution in [3.05, 3.63) is 101 Å². The summed E-state index contributed by atoms with van der Waals surface area (Å²) in [5.74, 6) is -0.0707. The number of carbonyl (C=O) groups excluding carboxylic acids is 3. The summed E-state index contributed by atoms with van der Waals surface area (Å²) in [7, 11) is 0. The van der Waals surface area contributed by atoms with Crippen molar-refractivity contribution in [1.29, 1.82) is 0 Å². The van der Waals surface area contributed by atoms with Crippen LogP contribution in [0, 0.1) is 12.8 Å². The van der Waals surface area contributed by atoms with Crippen molar-refractivity contribution < 1.29 is 19.1 Å². The van der Waals surface area contributed by atoms with E-state index >= 15 is 0 Å². The molecule has 0 aliphatic carbocycles. The lowest BCUT2D eigenvalue weighted by atomic mass is 9.99. The number of hydrogen-bond acceptors (Lipinski definition) is 4. The summed E-state index contributed by atoms with van der Waals surface area (Å²) in [4.78, 5) is 40.6. The van der Waals surface area contributed by atoms with E-state index in [1.165, 1.54) is 4.90 Å². The highest BCUT2D eigenvalue weighted by Gasteiger charge is 2.47. The maximum atomic E-state index is 13.4. The average Bonchev–Trinajstić information content (AvgIpc) is 3.21. The van der Waals surface area contributed by atoms with Crippen LogP contribution in [0.25, 0.3) is 0 Å². The molecule has 3 aromatic rings. The van der Waals surface area contributed by atoms with Crippen LogP contribution in [0.1, 0.15) is 53.4 Å². The number of nitrogens with one attached hydrogen (secondary N) is 2. The van der Waals surface area contributed by atoms with Crippen molar-refractivity contribution >= 4 is 23.6 Å². The third-order valence-electron chi connectivity index (χ3n) is 6.36. The molecule has 0 unspecified atom stereocenters. The molecule has 37 heavy (non-hydrogen) atoms. The molecule has 3 amide bonds. The van der Waals surface area contributed by atoms with Crippen LogP contribution in [-0.4, -0.2) is 35.4 Å². The van der Waals surface area contributed by atoms with Gasteiger partial charge in [-0.3, -0.25) is 14.5 Å². The molecule has 3 aromatic carbocycles. The molecule has 1 heterocycles. The number of anilines is 1. The van der Waals surface area contributed by atoms with Crippen molar-refractivity contribution in [2.45, 2.75) is 45.9 Å². The van der Waals surface area contributed by atoms with E-state index in [2.05, 4.69) is 24.5 Å². The highest BCUT2D eigenvalue weighted by molar-refractivity contribution is 6.04. The van der Waals surface area contributed by atoms with E-state index in [4.69, 9.17) is 4.74 Å². The molecular weight excluding hydrogens is 466 g/mol. The summed E-state index contributed by atoms with van der Waals surface area (Å²) in [6.45, 7) is 6.95. The molecule has 4 rings (SSSR count). The van der Waals surface area contributed by atoms with E-state index in [-0.39, 0.29) is 18.4 Å². The van der Waals surface area contributed by atoms with Gasteiger partial charge in [-0.25, -0.2) is 4.79 Å². The second kappa shape index (κ2) is 11.7. The van der Waals surface area contributed by atoms with E-state index in [0.29, 0.717) is 29.3 Å². The average molecular weight is 500 g/mol. The predicted octanol–water partition coefficient (Wildman–Crippen LogP) is 5.47. The normalized spacial score (nSPS) is 17.0. The minimum atomic E-state index is -0.846. The Morgan fingerprint density at radius 1 is 0.973 bits per heavy atom. The van der Waals surface area contributed by atoms with Gasteiger partial charge in [0.2, 0.25) is 5.91 Å². The van der Waals surface area contributed by atoms with E-state index in [1.807, 2.05) is 37.3 Å². The van der Waals surface area contributed by atoms with Gasteiger partial charge in [-0.15, -0.1) is 0 Å². The van der Waals surface area contributed by atoms with Crippen LogP contribution in [-0.2, 0) is 16.1 Å². The predicted molar refractivity (Wildman–Crippen MR) is 143 cm³/mol. The molecule has 2 atom stereocenters. The third-order valence-corrected chi connectivity index (χ3v) is 6.36. The van der Waals surface area contributed by atoms with Gasteiger partial charge < -0.3 is 15.4 Å². The van der Waals surface area contributed by atoms with Gasteiger partial charge in [-0.2, -0.15) is 0 Å². The first-order chi connectivity index (χ1) is 17.8. The van der Waals surface area contributed by atoms with Crippen molar-refractivity contribution in [2.24, 2.45) is 5.92 Å². The summed E-state index contributed by atoms with van der Waals surface area (Å²) in [5, 5.41) is 5.87. The van der Waals surface area contributed by atoms with E-state index in [1.54, 1.807) is 48.5 Å². The standard InChI is InChI=1S/C30H33N3O4/c1-20(2)16-17-31-29(35)26-27(37-30(36)33(26)19-22-14-12-21(3)13-15-22)24-10-7-11-25(18-24)32-28(34)23-8-5-4-6-9-23/h4-15,18,20,26-27H,16-17,19H2,1-3H3,(H,31,35)(H,32,34)/t26-,27+/m1/s1. The molecule has 1 fully saturated rings. The largest absolute Gasteiger partial charge is 0.438 e. The van der Waals surface area contributed by atoms with Gasteiger partial charge in [-0.05, 0) is 54.7 Å². The molecule has 1 aliphatic rings. The molecule has 192 valence electrons. The van der Waals surface area contributed by atoms with E-state index < -0.39 is 18.2 Å². The van der Waals surface area contributed by atoms with Crippen LogP contribution < -0.4 is 10.6 Å². The SMILES string of the molecule is Cc1ccc(CN2C(=O)O[C@@H](c3cccc(NC(=O)c4ccccc4)c3)[C@@H]2C(=O)NCCC(C)C)cc1. The molecule has 0 aromatic heterocycles. The van der Waals surface area contributed by atoms with Gasteiger partial charge >= 0.3 is 6.09 Å². The van der Waals surface area contributed by atoms with Crippen molar-refractivity contribution in [3.63, 3.8) is 0 Å². The Kier molecular flexibility index (Phi) is 8.23. The summed E-state index contributed by atoms with van der Waals surface area (Å²) in [6.07, 6.45) is -0.532. The molecule has 1 saturated heterocycles. The zero-order chi connectivity index (χ0) is 26.4. The van der Waals surface area contributed by atoms with Gasteiger partial charge in [0.25, 0.3) is 5.91 Å². The van der Waals surface area contributed by atoms with Gasteiger partial charge in [0.05, 0.1) is 6.54 Å². The Bertz CT molecular complexity index is 1240. The highest BCUT2D eigenvalue weighted by Crippen LogP contribution is 2.35. The minimum absolute atomic E-state index is 0.245. The molecule has 7 heteroatoms.